The fourth-order valence-electron chi connectivity index (χ4n) is 9.09. The molecule has 5 nitrogen and oxygen atoms in total. The highest BCUT2D eigenvalue weighted by Crippen LogP contribution is 2.62. The molecular weight excluding hydrogens is 709 g/mol. The van der Waals surface area contributed by atoms with Crippen LogP contribution in [0.5, 0.6) is 11.5 Å². The Labute approximate surface area is 337 Å². The Morgan fingerprint density at radius 1 is 0.362 bits per heavy atom. The van der Waals surface area contributed by atoms with E-state index >= 15 is 0 Å². The lowest BCUT2D eigenvalue weighted by atomic mass is 9.65. The Morgan fingerprint density at radius 3 is 1.52 bits per heavy atom. The van der Waals surface area contributed by atoms with Crippen LogP contribution in [0.15, 0.2) is 182 Å². The number of aromatic nitrogens is 4. The number of nitrogens with zero attached hydrogens (tertiary/aromatic N) is 4. The predicted octanol–water partition coefficient (Wildman–Crippen LogP) is 12.7. The zero-order valence-corrected chi connectivity index (χ0v) is 32.0. The lowest BCUT2D eigenvalue weighted by molar-refractivity contribution is 0.436. The minimum atomic E-state index is -0.652. The molecule has 1 spiro atoms. The van der Waals surface area contributed by atoms with Crippen LogP contribution in [0.4, 0.5) is 0 Å². The minimum Gasteiger partial charge on any atom is -0.457 e. The second-order valence-electron chi connectivity index (χ2n) is 15.1. The Morgan fingerprint density at radius 2 is 0.897 bits per heavy atom. The molecule has 5 heteroatoms. The summed E-state index contributed by atoms with van der Waals surface area (Å²) in [6.07, 6.45) is 0. The third kappa shape index (κ3) is 5.31. The van der Waals surface area contributed by atoms with E-state index in [-0.39, 0.29) is 0 Å². The number of benzene rings is 7. The average Bonchev–Trinajstić information content (AvgIpc) is 3.57. The van der Waals surface area contributed by atoms with Gasteiger partial charge < -0.3 is 4.74 Å². The van der Waals surface area contributed by atoms with Crippen LogP contribution in [-0.4, -0.2) is 19.9 Å². The van der Waals surface area contributed by atoms with E-state index in [9.17, 15) is 0 Å². The third-order valence-corrected chi connectivity index (χ3v) is 11.5. The number of pyridine rings is 1. The number of hydrogen-bond acceptors (Lipinski definition) is 5. The maximum Gasteiger partial charge on any atom is 0.164 e. The van der Waals surface area contributed by atoms with E-state index < -0.39 is 5.41 Å². The number of fused-ring (bicyclic) bond motifs is 9. The molecule has 3 heterocycles. The summed E-state index contributed by atoms with van der Waals surface area (Å²) < 4.78 is 7.04. The highest BCUT2D eigenvalue weighted by Gasteiger charge is 2.51. The van der Waals surface area contributed by atoms with Crippen molar-refractivity contribution in [3.05, 3.63) is 216 Å². The van der Waals surface area contributed by atoms with E-state index in [0.717, 1.165) is 67.4 Å². The van der Waals surface area contributed by atoms with Crippen molar-refractivity contribution in [2.45, 2.75) is 19.3 Å². The van der Waals surface area contributed by atoms with Gasteiger partial charge in [-0.2, -0.15) is 0 Å². The molecule has 2 aromatic heterocycles. The predicted molar refractivity (Wildman–Crippen MR) is 232 cm³/mol. The van der Waals surface area contributed by atoms with Crippen LogP contribution in [0.2, 0.25) is 0 Å². The molecule has 1 aliphatic carbocycles. The number of hydrogen-bond donors (Lipinski definition) is 0. The molecule has 1 aliphatic heterocycles. The van der Waals surface area contributed by atoms with Gasteiger partial charge in [0.15, 0.2) is 17.5 Å². The van der Waals surface area contributed by atoms with Crippen molar-refractivity contribution in [2.24, 2.45) is 0 Å². The van der Waals surface area contributed by atoms with Crippen LogP contribution in [-0.2, 0) is 5.41 Å². The quantitative estimate of drug-likeness (QED) is 0.176. The van der Waals surface area contributed by atoms with E-state index in [0.29, 0.717) is 17.5 Å². The molecule has 0 saturated heterocycles. The molecule has 0 bridgehead atoms. The van der Waals surface area contributed by atoms with Gasteiger partial charge in [0.05, 0.1) is 11.1 Å². The first-order valence-corrected chi connectivity index (χ1v) is 19.6. The summed E-state index contributed by atoms with van der Waals surface area (Å²) in [5, 5.41) is 0. The van der Waals surface area contributed by atoms with E-state index in [4.69, 9.17) is 24.7 Å². The first-order valence-electron chi connectivity index (χ1n) is 19.6. The van der Waals surface area contributed by atoms with Crippen molar-refractivity contribution in [3.8, 4) is 79.2 Å². The summed E-state index contributed by atoms with van der Waals surface area (Å²) in [6.45, 7) is 4.19. The summed E-state index contributed by atoms with van der Waals surface area (Å²) in [4.78, 5) is 20.0. The Kier molecular flexibility index (Phi) is 7.76. The van der Waals surface area contributed by atoms with Gasteiger partial charge in [-0.15, -0.1) is 0 Å². The first kappa shape index (κ1) is 33.8. The molecular formula is C53H36N4O. The van der Waals surface area contributed by atoms with Crippen molar-refractivity contribution in [3.63, 3.8) is 0 Å². The second kappa shape index (κ2) is 13.3. The van der Waals surface area contributed by atoms with Gasteiger partial charge in [0.1, 0.15) is 11.5 Å². The summed E-state index contributed by atoms with van der Waals surface area (Å²) in [7, 11) is 0. The number of ether oxygens (including phenoxy) is 1. The Balaban J connectivity index is 1.13. The molecule has 11 rings (SSSR count). The Hall–Kier alpha value is -7.50. The summed E-state index contributed by atoms with van der Waals surface area (Å²) in [5.74, 6) is 3.40. The monoisotopic (exact) mass is 744 g/mol. The number of aryl methyl sites for hydroxylation is 2. The molecule has 7 aromatic carbocycles. The van der Waals surface area contributed by atoms with Crippen LogP contribution in [0.3, 0.4) is 0 Å². The highest BCUT2D eigenvalue weighted by molar-refractivity contribution is 5.91. The van der Waals surface area contributed by atoms with Gasteiger partial charge in [-0.3, -0.25) is 4.98 Å². The van der Waals surface area contributed by atoms with Crippen molar-refractivity contribution in [1.29, 1.82) is 0 Å². The molecule has 0 unspecified atom stereocenters. The lowest BCUT2D eigenvalue weighted by Gasteiger charge is -2.39. The second-order valence-corrected chi connectivity index (χ2v) is 15.1. The average molecular weight is 745 g/mol. The lowest BCUT2D eigenvalue weighted by Crippen LogP contribution is -2.32. The largest absolute Gasteiger partial charge is 0.457 e. The van der Waals surface area contributed by atoms with Gasteiger partial charge in [-0.25, -0.2) is 15.0 Å². The SMILES string of the molecule is Cc1cc(C)nc(-c2ccccc2-c2ccc3c(c2)C2(c4ccc(-c5nc(-c6ccccc6)nc(-c6ccccc6)n5)cc4O3)c3ccccc3-c3ccccc32)c1. The van der Waals surface area contributed by atoms with Crippen LogP contribution in [0.25, 0.3) is 67.7 Å². The van der Waals surface area contributed by atoms with E-state index in [2.05, 4.69) is 135 Å². The minimum absolute atomic E-state index is 0.582. The van der Waals surface area contributed by atoms with Crippen molar-refractivity contribution in [1.82, 2.24) is 19.9 Å². The van der Waals surface area contributed by atoms with Crippen LogP contribution >= 0.6 is 0 Å². The topological polar surface area (TPSA) is 60.8 Å². The smallest absolute Gasteiger partial charge is 0.164 e. The summed E-state index contributed by atoms with van der Waals surface area (Å²) in [6, 6.07) is 63.8. The fraction of sp³-hybridized carbons (Fsp3) is 0.0566. The normalized spacial score (nSPS) is 12.9. The standard InChI is InChI=1S/C53H36N4O/c1-33-29-34(2)54-47(30-33)42-22-10-9-19-39(42)37-26-28-48-46(31-37)53(43-23-13-11-20-40(43)41-21-12-14-24-44(41)53)45-27-25-38(32-49(45)58-48)52-56-50(35-15-5-3-6-16-35)55-51(57-52)36-17-7-4-8-18-36/h3-32H,1-2H3. The van der Waals surface area contributed by atoms with Crippen LogP contribution in [0.1, 0.15) is 33.5 Å². The molecule has 0 atom stereocenters. The molecule has 2 aliphatic rings. The van der Waals surface area contributed by atoms with Gasteiger partial charge in [0, 0.05) is 39.1 Å². The summed E-state index contributed by atoms with van der Waals surface area (Å²) in [5.41, 5.74) is 15.6. The van der Waals surface area contributed by atoms with E-state index in [1.54, 1.807) is 0 Å². The van der Waals surface area contributed by atoms with Gasteiger partial charge in [0.2, 0.25) is 0 Å². The Bertz CT molecular complexity index is 2940. The zero-order valence-electron chi connectivity index (χ0n) is 32.0. The van der Waals surface area contributed by atoms with E-state index in [1.165, 1.54) is 27.8 Å². The van der Waals surface area contributed by atoms with Gasteiger partial charge in [-0.1, -0.05) is 152 Å². The molecule has 58 heavy (non-hydrogen) atoms. The van der Waals surface area contributed by atoms with Gasteiger partial charge in [0.25, 0.3) is 0 Å². The molecule has 0 saturated carbocycles. The highest BCUT2D eigenvalue weighted by atomic mass is 16.5. The molecule has 0 radical (unpaired) electrons. The molecule has 274 valence electrons. The molecule has 9 aromatic rings. The van der Waals surface area contributed by atoms with Crippen molar-refractivity contribution >= 4 is 0 Å². The molecule has 0 amide bonds. The fourth-order valence-corrected chi connectivity index (χ4v) is 9.09. The molecule has 0 fully saturated rings. The zero-order chi connectivity index (χ0) is 38.8. The van der Waals surface area contributed by atoms with Gasteiger partial charge >= 0.3 is 0 Å². The third-order valence-electron chi connectivity index (χ3n) is 11.5. The van der Waals surface area contributed by atoms with E-state index in [1.807, 2.05) is 60.7 Å². The molecule has 0 N–H and O–H groups in total. The number of rotatable bonds is 5. The van der Waals surface area contributed by atoms with Crippen LogP contribution < -0.4 is 4.74 Å². The first-order chi connectivity index (χ1) is 28.5. The van der Waals surface area contributed by atoms with Gasteiger partial charge in [-0.05, 0) is 83.1 Å². The summed E-state index contributed by atoms with van der Waals surface area (Å²) >= 11 is 0. The van der Waals surface area contributed by atoms with Crippen molar-refractivity contribution in [2.75, 3.05) is 0 Å². The maximum atomic E-state index is 7.04. The maximum absolute atomic E-state index is 7.04. The van der Waals surface area contributed by atoms with Crippen molar-refractivity contribution < 1.29 is 4.74 Å². The van der Waals surface area contributed by atoms with Crippen LogP contribution in [0, 0.1) is 13.8 Å².